The van der Waals surface area contributed by atoms with Gasteiger partial charge in [0.15, 0.2) is 27.1 Å². The van der Waals surface area contributed by atoms with E-state index in [0.717, 1.165) is 23.1 Å². The molecule has 2 aromatic rings. The number of rotatable bonds is 3. The Kier molecular flexibility index (Phi) is 3.46. The van der Waals surface area contributed by atoms with Crippen molar-refractivity contribution < 1.29 is 27.8 Å². The van der Waals surface area contributed by atoms with E-state index in [4.69, 9.17) is 5.11 Å². The van der Waals surface area contributed by atoms with E-state index < -0.39 is 32.3 Å². The van der Waals surface area contributed by atoms with Gasteiger partial charge in [-0.3, -0.25) is 4.68 Å². The second kappa shape index (κ2) is 4.85. The Balaban J connectivity index is 2.67. The van der Waals surface area contributed by atoms with Crippen molar-refractivity contribution in [3.8, 4) is 17.0 Å². The zero-order valence-electron chi connectivity index (χ0n) is 11.0. The number of carbonyl (C=O) groups is 1. The number of halogens is 1. The second-order valence-electron chi connectivity index (χ2n) is 4.39. The molecule has 0 aliphatic heterocycles. The maximum atomic E-state index is 14.0. The van der Waals surface area contributed by atoms with Crippen molar-refractivity contribution in [1.29, 1.82) is 0 Å². The normalized spacial score (nSPS) is 11.6. The van der Waals surface area contributed by atoms with Crippen molar-refractivity contribution in [2.75, 3.05) is 6.26 Å². The lowest BCUT2D eigenvalue weighted by Crippen LogP contribution is -2.02. The third-order valence-corrected chi connectivity index (χ3v) is 3.97. The maximum Gasteiger partial charge on any atom is 0.356 e. The van der Waals surface area contributed by atoms with E-state index in [2.05, 4.69) is 5.10 Å². The molecule has 21 heavy (non-hydrogen) atoms. The molecule has 0 bridgehead atoms. The smallest absolute Gasteiger partial charge is 0.356 e. The zero-order chi connectivity index (χ0) is 15.9. The van der Waals surface area contributed by atoms with Gasteiger partial charge in [0, 0.05) is 18.9 Å². The van der Waals surface area contributed by atoms with Gasteiger partial charge in [-0.15, -0.1) is 0 Å². The van der Waals surface area contributed by atoms with Crippen molar-refractivity contribution in [1.82, 2.24) is 9.78 Å². The second-order valence-corrected chi connectivity index (χ2v) is 6.37. The number of phenols is 1. The summed E-state index contributed by atoms with van der Waals surface area (Å²) in [5.41, 5.74) is -0.189. The largest absolute Gasteiger partial charge is 0.504 e. The van der Waals surface area contributed by atoms with Crippen LogP contribution in [0.3, 0.4) is 0 Å². The quantitative estimate of drug-likeness (QED) is 0.876. The molecule has 0 unspecified atom stereocenters. The summed E-state index contributed by atoms with van der Waals surface area (Å²) in [6.45, 7) is 0. The van der Waals surface area contributed by atoms with Gasteiger partial charge < -0.3 is 10.2 Å². The van der Waals surface area contributed by atoms with Crippen molar-refractivity contribution in [2.24, 2.45) is 7.05 Å². The number of sulfone groups is 1. The van der Waals surface area contributed by atoms with Crippen LogP contribution in [0.1, 0.15) is 10.5 Å². The van der Waals surface area contributed by atoms with Crippen molar-refractivity contribution in [3.05, 3.63) is 29.7 Å². The number of carboxylic acids is 1. The first-order chi connectivity index (χ1) is 9.62. The number of carboxylic acid groups (broad SMARTS) is 1. The molecule has 7 nitrogen and oxygen atoms in total. The van der Waals surface area contributed by atoms with Crippen LogP contribution in [0.4, 0.5) is 4.39 Å². The van der Waals surface area contributed by atoms with Crippen molar-refractivity contribution in [2.45, 2.75) is 4.90 Å². The number of benzene rings is 1. The summed E-state index contributed by atoms with van der Waals surface area (Å²) in [5.74, 6) is -3.43. The van der Waals surface area contributed by atoms with Gasteiger partial charge in [-0.05, 0) is 18.2 Å². The van der Waals surface area contributed by atoms with E-state index in [1.807, 2.05) is 0 Å². The standard InChI is InChI=1S/C12H11FN2O5S/c1-15-8(5-7(14-15)12(17)18)6-3-4-9(21(2,19)20)10(13)11(6)16/h3-5,16H,1-2H3,(H,17,18). The summed E-state index contributed by atoms with van der Waals surface area (Å²) >= 11 is 0. The lowest BCUT2D eigenvalue weighted by molar-refractivity contribution is 0.0689. The predicted molar refractivity (Wildman–Crippen MR) is 70.3 cm³/mol. The van der Waals surface area contributed by atoms with Crippen LogP contribution >= 0.6 is 0 Å². The summed E-state index contributed by atoms with van der Waals surface area (Å²) in [5, 5.41) is 22.4. The Morgan fingerprint density at radius 3 is 2.48 bits per heavy atom. The third-order valence-electron chi connectivity index (χ3n) is 2.86. The van der Waals surface area contributed by atoms with Crippen LogP contribution in [0.15, 0.2) is 23.1 Å². The van der Waals surface area contributed by atoms with Crippen LogP contribution in [-0.2, 0) is 16.9 Å². The summed E-state index contributed by atoms with van der Waals surface area (Å²) in [6, 6.07) is 3.35. The highest BCUT2D eigenvalue weighted by molar-refractivity contribution is 7.90. The topological polar surface area (TPSA) is 109 Å². The van der Waals surface area contributed by atoms with E-state index in [-0.39, 0.29) is 17.0 Å². The van der Waals surface area contributed by atoms with Crippen LogP contribution < -0.4 is 0 Å². The molecule has 0 amide bonds. The van der Waals surface area contributed by atoms with Gasteiger partial charge in [-0.25, -0.2) is 17.6 Å². The van der Waals surface area contributed by atoms with Gasteiger partial charge in [-0.2, -0.15) is 5.10 Å². The molecule has 1 aromatic heterocycles. The van der Waals surface area contributed by atoms with Crippen LogP contribution in [-0.4, -0.2) is 40.6 Å². The molecular formula is C12H11FN2O5S. The van der Waals surface area contributed by atoms with Crippen LogP contribution in [0, 0.1) is 5.82 Å². The summed E-state index contributed by atoms with van der Waals surface area (Å²) in [7, 11) is -2.40. The van der Waals surface area contributed by atoms with Gasteiger partial charge in [0.25, 0.3) is 0 Å². The van der Waals surface area contributed by atoms with E-state index in [1.165, 1.54) is 13.1 Å². The number of aryl methyl sites for hydroxylation is 1. The fourth-order valence-electron chi connectivity index (χ4n) is 1.86. The highest BCUT2D eigenvalue weighted by atomic mass is 32.2. The summed E-state index contributed by atoms with van der Waals surface area (Å²) in [4.78, 5) is 10.2. The molecule has 0 saturated heterocycles. The van der Waals surface area contributed by atoms with E-state index in [0.29, 0.717) is 0 Å². The first-order valence-electron chi connectivity index (χ1n) is 5.62. The van der Waals surface area contributed by atoms with Crippen LogP contribution in [0.5, 0.6) is 5.75 Å². The minimum atomic E-state index is -3.82. The number of nitrogens with zero attached hydrogens (tertiary/aromatic N) is 2. The number of aromatic hydroxyl groups is 1. The molecule has 9 heteroatoms. The maximum absolute atomic E-state index is 14.0. The fraction of sp³-hybridized carbons (Fsp3) is 0.167. The molecule has 0 radical (unpaired) electrons. The highest BCUT2D eigenvalue weighted by Gasteiger charge is 2.22. The lowest BCUT2D eigenvalue weighted by Gasteiger charge is -2.08. The third kappa shape index (κ3) is 2.59. The first kappa shape index (κ1) is 15.0. The molecule has 0 fully saturated rings. The van der Waals surface area contributed by atoms with Crippen LogP contribution in [0.2, 0.25) is 0 Å². The van der Waals surface area contributed by atoms with Crippen molar-refractivity contribution in [3.63, 3.8) is 0 Å². The van der Waals surface area contributed by atoms with Gasteiger partial charge >= 0.3 is 5.97 Å². The Morgan fingerprint density at radius 2 is 2.00 bits per heavy atom. The summed E-state index contributed by atoms with van der Waals surface area (Å²) in [6.07, 6.45) is 0.817. The number of aromatic carboxylic acids is 1. The average Bonchev–Trinajstić information content (AvgIpc) is 2.73. The zero-order valence-corrected chi connectivity index (χ0v) is 11.8. The van der Waals surface area contributed by atoms with Crippen LogP contribution in [0.25, 0.3) is 11.3 Å². The van der Waals surface area contributed by atoms with Gasteiger partial charge in [0.05, 0.1) is 5.69 Å². The molecule has 0 saturated carbocycles. The SMILES string of the molecule is Cn1nc(C(=O)O)cc1-c1ccc(S(C)(=O)=O)c(F)c1O. The fourth-order valence-corrected chi connectivity index (χ4v) is 2.60. The Hall–Kier alpha value is -2.42. The van der Waals surface area contributed by atoms with Gasteiger partial charge in [0.2, 0.25) is 0 Å². The molecule has 112 valence electrons. The van der Waals surface area contributed by atoms with E-state index >= 15 is 0 Å². The molecule has 0 spiro atoms. The molecule has 0 aliphatic carbocycles. The molecule has 2 N–H and O–H groups in total. The van der Waals surface area contributed by atoms with Gasteiger partial charge in [0.1, 0.15) is 4.90 Å². The highest BCUT2D eigenvalue weighted by Crippen LogP contribution is 2.34. The average molecular weight is 314 g/mol. The molecular weight excluding hydrogens is 303 g/mol. The minimum Gasteiger partial charge on any atom is -0.504 e. The Morgan fingerprint density at radius 1 is 1.38 bits per heavy atom. The molecule has 2 rings (SSSR count). The molecule has 1 heterocycles. The monoisotopic (exact) mass is 314 g/mol. The van der Waals surface area contributed by atoms with Crippen molar-refractivity contribution >= 4 is 15.8 Å². The molecule has 0 atom stereocenters. The predicted octanol–water partition coefficient (Wildman–Crippen LogP) is 1.03. The first-order valence-corrected chi connectivity index (χ1v) is 7.51. The molecule has 1 aromatic carbocycles. The summed E-state index contributed by atoms with van der Waals surface area (Å²) < 4.78 is 37.9. The minimum absolute atomic E-state index is 0.0533. The Labute approximate surface area is 119 Å². The number of hydrogen-bond acceptors (Lipinski definition) is 5. The van der Waals surface area contributed by atoms with E-state index in [1.54, 1.807) is 0 Å². The number of phenolic OH excluding ortho intramolecular Hbond substituents is 1. The number of hydrogen-bond donors (Lipinski definition) is 2. The molecule has 0 aliphatic rings. The lowest BCUT2D eigenvalue weighted by atomic mass is 10.1. The van der Waals surface area contributed by atoms with E-state index in [9.17, 15) is 22.7 Å². The van der Waals surface area contributed by atoms with Gasteiger partial charge in [-0.1, -0.05) is 0 Å². The Bertz CT molecular complexity index is 842. The number of aromatic nitrogens is 2.